The molecule has 0 unspecified atom stereocenters. The third kappa shape index (κ3) is 4.24. The van der Waals surface area contributed by atoms with Gasteiger partial charge in [-0.15, -0.1) is 0 Å². The summed E-state index contributed by atoms with van der Waals surface area (Å²) in [5.74, 6) is 0.821. The van der Waals surface area contributed by atoms with Crippen LogP contribution in [0.2, 0.25) is 0 Å². The van der Waals surface area contributed by atoms with Crippen LogP contribution in [-0.2, 0) is 9.47 Å². The maximum atomic E-state index is 13.1. The van der Waals surface area contributed by atoms with Gasteiger partial charge in [0, 0.05) is 52.2 Å². The minimum atomic E-state index is 0.0338. The summed E-state index contributed by atoms with van der Waals surface area (Å²) in [4.78, 5) is 21.2. The predicted octanol–water partition coefficient (Wildman–Crippen LogP) is 1.95. The minimum absolute atomic E-state index is 0.0338. The van der Waals surface area contributed by atoms with E-state index in [4.69, 9.17) is 9.47 Å². The lowest BCUT2D eigenvalue weighted by Gasteiger charge is -2.28. The Bertz CT molecular complexity index is 534. The van der Waals surface area contributed by atoms with Gasteiger partial charge in [-0.05, 0) is 37.8 Å². The molecule has 6 nitrogen and oxygen atoms in total. The summed E-state index contributed by atoms with van der Waals surface area (Å²) >= 11 is 0. The zero-order valence-electron chi connectivity index (χ0n) is 14.6. The molecule has 0 bridgehead atoms. The van der Waals surface area contributed by atoms with Gasteiger partial charge in [-0.3, -0.25) is 4.79 Å². The van der Waals surface area contributed by atoms with E-state index in [0.717, 1.165) is 44.7 Å². The van der Waals surface area contributed by atoms with Crippen molar-refractivity contribution >= 4 is 11.7 Å². The van der Waals surface area contributed by atoms with Crippen molar-refractivity contribution in [3.8, 4) is 0 Å². The average Bonchev–Trinajstić information content (AvgIpc) is 3.27. The van der Waals surface area contributed by atoms with Crippen molar-refractivity contribution in [2.75, 3.05) is 45.3 Å². The number of amides is 1. The number of aromatic nitrogens is 1. The summed E-state index contributed by atoms with van der Waals surface area (Å²) in [5.41, 5.74) is 0.671. The Morgan fingerprint density at radius 2 is 1.79 bits per heavy atom. The van der Waals surface area contributed by atoms with E-state index >= 15 is 0 Å². The molecular formula is C18H27N3O3. The molecule has 2 saturated heterocycles. The summed E-state index contributed by atoms with van der Waals surface area (Å²) < 4.78 is 11.5. The fraction of sp³-hybridized carbons (Fsp3) is 0.667. The zero-order valence-corrected chi connectivity index (χ0v) is 14.6. The highest BCUT2D eigenvalue weighted by atomic mass is 16.5. The number of hydrogen-bond acceptors (Lipinski definition) is 5. The molecule has 2 aliphatic rings. The van der Waals surface area contributed by atoms with E-state index in [9.17, 15) is 4.79 Å². The standard InChI is InChI=1S/C18H27N3O3/c1-20(2)17-11-14(7-8-19-17)18(22)21(12-15-5-3-9-23-15)13-16-6-4-10-24-16/h7-8,11,15-16H,3-6,9-10,12-13H2,1-2H3/t15-,16-/m1/s1. The molecule has 2 fully saturated rings. The van der Waals surface area contributed by atoms with Crippen LogP contribution in [0, 0.1) is 0 Å². The summed E-state index contributed by atoms with van der Waals surface area (Å²) in [7, 11) is 3.85. The molecule has 1 aromatic heterocycles. The molecule has 3 rings (SSSR count). The zero-order chi connectivity index (χ0) is 16.9. The fourth-order valence-electron chi connectivity index (χ4n) is 3.29. The van der Waals surface area contributed by atoms with Crippen LogP contribution in [0.15, 0.2) is 18.3 Å². The Kier molecular flexibility index (Phi) is 5.68. The molecule has 2 aliphatic heterocycles. The van der Waals surface area contributed by atoms with Crippen LogP contribution >= 0.6 is 0 Å². The molecule has 0 saturated carbocycles. The lowest BCUT2D eigenvalue weighted by atomic mass is 10.1. The average molecular weight is 333 g/mol. The maximum Gasteiger partial charge on any atom is 0.254 e. The van der Waals surface area contributed by atoms with E-state index < -0.39 is 0 Å². The summed E-state index contributed by atoms with van der Waals surface area (Å²) in [5, 5.41) is 0. The first-order valence-electron chi connectivity index (χ1n) is 8.79. The van der Waals surface area contributed by atoms with Gasteiger partial charge in [0.25, 0.3) is 5.91 Å². The van der Waals surface area contributed by atoms with Gasteiger partial charge in [0.15, 0.2) is 0 Å². The van der Waals surface area contributed by atoms with Gasteiger partial charge in [0.05, 0.1) is 12.2 Å². The van der Waals surface area contributed by atoms with Crippen LogP contribution in [0.1, 0.15) is 36.0 Å². The third-order valence-corrected chi connectivity index (χ3v) is 4.63. The lowest BCUT2D eigenvalue weighted by molar-refractivity contribution is 0.0307. The molecule has 24 heavy (non-hydrogen) atoms. The Balaban J connectivity index is 1.74. The number of pyridine rings is 1. The molecule has 3 heterocycles. The molecule has 0 N–H and O–H groups in total. The van der Waals surface area contributed by atoms with Crippen LogP contribution < -0.4 is 4.90 Å². The Morgan fingerprint density at radius 3 is 2.29 bits per heavy atom. The Hall–Kier alpha value is -1.66. The number of anilines is 1. The molecule has 0 spiro atoms. The summed E-state index contributed by atoms with van der Waals surface area (Å²) in [6.07, 6.45) is 6.18. The first kappa shape index (κ1) is 17.2. The molecule has 0 radical (unpaired) electrons. The van der Waals surface area contributed by atoms with Crippen LogP contribution in [0.5, 0.6) is 0 Å². The lowest BCUT2D eigenvalue weighted by Crippen LogP contribution is -2.42. The number of carbonyl (C=O) groups excluding carboxylic acids is 1. The second kappa shape index (κ2) is 7.94. The number of nitrogens with zero attached hydrogens (tertiary/aromatic N) is 3. The first-order chi connectivity index (χ1) is 11.6. The summed E-state index contributed by atoms with van der Waals surface area (Å²) in [6.45, 7) is 2.87. The van der Waals surface area contributed by atoms with Crippen LogP contribution in [-0.4, -0.2) is 68.4 Å². The Labute approximate surface area is 143 Å². The quantitative estimate of drug-likeness (QED) is 0.796. The highest BCUT2D eigenvalue weighted by Crippen LogP contribution is 2.20. The molecule has 0 aliphatic carbocycles. The smallest absolute Gasteiger partial charge is 0.254 e. The monoisotopic (exact) mass is 333 g/mol. The second-order valence-electron chi connectivity index (χ2n) is 6.78. The van der Waals surface area contributed by atoms with Crippen molar-refractivity contribution in [2.24, 2.45) is 0 Å². The first-order valence-corrected chi connectivity index (χ1v) is 8.79. The van der Waals surface area contributed by atoms with E-state index in [1.54, 1.807) is 12.3 Å². The van der Waals surface area contributed by atoms with Gasteiger partial charge in [-0.1, -0.05) is 0 Å². The van der Waals surface area contributed by atoms with Crippen LogP contribution in [0.25, 0.3) is 0 Å². The van der Waals surface area contributed by atoms with Gasteiger partial charge in [0.1, 0.15) is 5.82 Å². The minimum Gasteiger partial charge on any atom is -0.376 e. The normalized spacial score (nSPS) is 23.4. The largest absolute Gasteiger partial charge is 0.376 e. The van der Waals surface area contributed by atoms with Crippen molar-refractivity contribution in [1.29, 1.82) is 0 Å². The van der Waals surface area contributed by atoms with Gasteiger partial charge in [-0.2, -0.15) is 0 Å². The van der Waals surface area contributed by atoms with Crippen molar-refractivity contribution in [1.82, 2.24) is 9.88 Å². The topological polar surface area (TPSA) is 54.9 Å². The molecular weight excluding hydrogens is 306 g/mol. The number of carbonyl (C=O) groups is 1. The molecule has 1 aromatic rings. The van der Waals surface area contributed by atoms with Gasteiger partial charge < -0.3 is 19.3 Å². The van der Waals surface area contributed by atoms with Crippen LogP contribution in [0.4, 0.5) is 5.82 Å². The van der Waals surface area contributed by atoms with Gasteiger partial charge >= 0.3 is 0 Å². The predicted molar refractivity (Wildman–Crippen MR) is 92.4 cm³/mol. The molecule has 2 atom stereocenters. The highest BCUT2D eigenvalue weighted by molar-refractivity contribution is 5.94. The molecule has 132 valence electrons. The summed E-state index contributed by atoms with van der Waals surface area (Å²) in [6, 6.07) is 3.63. The molecule has 0 aromatic carbocycles. The van der Waals surface area contributed by atoms with Crippen molar-refractivity contribution in [3.05, 3.63) is 23.9 Å². The van der Waals surface area contributed by atoms with Crippen LogP contribution in [0.3, 0.4) is 0 Å². The number of ether oxygens (including phenoxy) is 2. The van der Waals surface area contributed by atoms with Crippen molar-refractivity contribution < 1.29 is 14.3 Å². The fourth-order valence-corrected chi connectivity index (χ4v) is 3.29. The SMILES string of the molecule is CN(C)c1cc(C(=O)N(C[C@H]2CCCO2)C[C@H]2CCCO2)ccn1. The number of rotatable bonds is 6. The third-order valence-electron chi connectivity index (χ3n) is 4.63. The van der Waals surface area contributed by atoms with E-state index in [-0.39, 0.29) is 18.1 Å². The van der Waals surface area contributed by atoms with E-state index in [1.807, 2.05) is 30.0 Å². The highest BCUT2D eigenvalue weighted by Gasteiger charge is 2.27. The van der Waals surface area contributed by atoms with Crippen molar-refractivity contribution in [3.63, 3.8) is 0 Å². The van der Waals surface area contributed by atoms with Gasteiger partial charge in [-0.25, -0.2) is 4.98 Å². The van der Waals surface area contributed by atoms with E-state index in [2.05, 4.69) is 4.98 Å². The van der Waals surface area contributed by atoms with E-state index in [1.165, 1.54) is 0 Å². The van der Waals surface area contributed by atoms with E-state index in [0.29, 0.717) is 18.7 Å². The second-order valence-corrected chi connectivity index (χ2v) is 6.78. The maximum absolute atomic E-state index is 13.1. The van der Waals surface area contributed by atoms with Crippen molar-refractivity contribution in [2.45, 2.75) is 37.9 Å². The molecule has 6 heteroatoms. The van der Waals surface area contributed by atoms with Gasteiger partial charge in [0.2, 0.25) is 0 Å². The Morgan fingerprint density at radius 1 is 1.17 bits per heavy atom. The number of hydrogen-bond donors (Lipinski definition) is 0. The molecule has 1 amide bonds.